The first kappa shape index (κ1) is 12.4. The van der Waals surface area contributed by atoms with E-state index in [2.05, 4.69) is 10.3 Å². The predicted octanol–water partition coefficient (Wildman–Crippen LogP) is 1.02. The molecule has 1 aromatic heterocycles. The zero-order chi connectivity index (χ0) is 12.0. The van der Waals surface area contributed by atoms with E-state index in [1.807, 2.05) is 13.8 Å². The standard InChI is InChI=1S/C11H17N3O2/c1-8(2)16-7-6-14-11-9(10(12)15)4-3-5-13-11/h3-5,8H,6-7H2,1-2H3,(H2,12,15)(H,13,14). The van der Waals surface area contributed by atoms with E-state index in [1.165, 1.54) is 0 Å². The highest BCUT2D eigenvalue weighted by Crippen LogP contribution is 2.09. The molecule has 0 saturated heterocycles. The molecule has 16 heavy (non-hydrogen) atoms. The Morgan fingerprint density at radius 2 is 2.38 bits per heavy atom. The fourth-order valence-corrected chi connectivity index (χ4v) is 1.21. The maximum Gasteiger partial charge on any atom is 0.252 e. The topological polar surface area (TPSA) is 77.2 Å². The molecular weight excluding hydrogens is 206 g/mol. The molecule has 0 fully saturated rings. The molecule has 0 atom stereocenters. The minimum absolute atomic E-state index is 0.196. The molecule has 0 spiro atoms. The smallest absolute Gasteiger partial charge is 0.252 e. The van der Waals surface area contributed by atoms with Crippen molar-refractivity contribution in [1.82, 2.24) is 4.98 Å². The molecule has 0 aromatic carbocycles. The second-order valence-electron chi connectivity index (χ2n) is 3.61. The van der Waals surface area contributed by atoms with Crippen molar-refractivity contribution in [3.8, 4) is 0 Å². The Bertz CT molecular complexity index is 353. The summed E-state index contributed by atoms with van der Waals surface area (Å²) in [6, 6.07) is 3.32. The van der Waals surface area contributed by atoms with Gasteiger partial charge in [0.15, 0.2) is 0 Å². The van der Waals surface area contributed by atoms with Crippen LogP contribution in [0.4, 0.5) is 5.82 Å². The second kappa shape index (κ2) is 6.07. The number of nitrogens with zero attached hydrogens (tertiary/aromatic N) is 1. The fraction of sp³-hybridized carbons (Fsp3) is 0.455. The number of carbonyl (C=O) groups excluding carboxylic acids is 1. The molecule has 0 saturated carbocycles. The maximum absolute atomic E-state index is 11.1. The number of hydrogen-bond acceptors (Lipinski definition) is 4. The average Bonchev–Trinajstić information content (AvgIpc) is 2.24. The molecule has 0 aliphatic carbocycles. The number of anilines is 1. The summed E-state index contributed by atoms with van der Waals surface area (Å²) < 4.78 is 5.36. The highest BCUT2D eigenvalue weighted by atomic mass is 16.5. The first-order valence-corrected chi connectivity index (χ1v) is 5.21. The van der Waals surface area contributed by atoms with Gasteiger partial charge in [-0.2, -0.15) is 0 Å². The predicted molar refractivity (Wildman–Crippen MR) is 62.3 cm³/mol. The molecular formula is C11H17N3O2. The van der Waals surface area contributed by atoms with Crippen LogP contribution in [0, 0.1) is 0 Å². The molecule has 0 radical (unpaired) electrons. The number of nitrogens with two attached hydrogens (primary N) is 1. The molecule has 88 valence electrons. The lowest BCUT2D eigenvalue weighted by molar-refractivity contribution is 0.0869. The van der Waals surface area contributed by atoms with Crippen LogP contribution in [0.3, 0.4) is 0 Å². The Labute approximate surface area is 95.0 Å². The maximum atomic E-state index is 11.1. The van der Waals surface area contributed by atoms with Gasteiger partial charge in [0.2, 0.25) is 0 Å². The zero-order valence-corrected chi connectivity index (χ0v) is 9.56. The normalized spacial score (nSPS) is 10.4. The number of primary amides is 1. The van der Waals surface area contributed by atoms with E-state index < -0.39 is 5.91 Å². The van der Waals surface area contributed by atoms with Crippen molar-refractivity contribution >= 4 is 11.7 Å². The number of amides is 1. The van der Waals surface area contributed by atoms with E-state index in [0.29, 0.717) is 24.5 Å². The lowest BCUT2D eigenvalue weighted by Gasteiger charge is -2.10. The van der Waals surface area contributed by atoms with Gasteiger partial charge >= 0.3 is 0 Å². The van der Waals surface area contributed by atoms with E-state index in [0.717, 1.165) is 0 Å². The number of ether oxygens (including phenoxy) is 1. The van der Waals surface area contributed by atoms with Gasteiger partial charge in [0, 0.05) is 12.7 Å². The summed E-state index contributed by atoms with van der Waals surface area (Å²) in [7, 11) is 0. The van der Waals surface area contributed by atoms with Crippen molar-refractivity contribution in [1.29, 1.82) is 0 Å². The van der Waals surface area contributed by atoms with E-state index in [4.69, 9.17) is 10.5 Å². The molecule has 3 N–H and O–H groups in total. The van der Waals surface area contributed by atoms with Crippen LogP contribution in [-0.4, -0.2) is 30.1 Å². The summed E-state index contributed by atoms with van der Waals surface area (Å²) in [6.07, 6.45) is 1.80. The third kappa shape index (κ3) is 3.86. The van der Waals surface area contributed by atoms with Gasteiger partial charge in [-0.05, 0) is 26.0 Å². The Kier molecular flexibility index (Phi) is 4.72. The summed E-state index contributed by atoms with van der Waals surface area (Å²) in [4.78, 5) is 15.1. The fourth-order valence-electron chi connectivity index (χ4n) is 1.21. The first-order chi connectivity index (χ1) is 7.61. The summed E-state index contributed by atoms with van der Waals surface area (Å²) in [6.45, 7) is 5.09. The van der Waals surface area contributed by atoms with Gasteiger partial charge in [-0.25, -0.2) is 4.98 Å². The Hall–Kier alpha value is -1.62. The lowest BCUT2D eigenvalue weighted by Crippen LogP contribution is -2.18. The van der Waals surface area contributed by atoms with Crippen molar-refractivity contribution in [3.05, 3.63) is 23.9 Å². The van der Waals surface area contributed by atoms with Crippen molar-refractivity contribution in [3.63, 3.8) is 0 Å². The minimum Gasteiger partial charge on any atom is -0.377 e. The molecule has 5 nitrogen and oxygen atoms in total. The van der Waals surface area contributed by atoms with Crippen LogP contribution in [0.25, 0.3) is 0 Å². The van der Waals surface area contributed by atoms with Crippen molar-refractivity contribution in [2.45, 2.75) is 20.0 Å². The van der Waals surface area contributed by atoms with Crippen molar-refractivity contribution in [2.75, 3.05) is 18.5 Å². The number of rotatable bonds is 6. The van der Waals surface area contributed by atoms with Gasteiger partial charge < -0.3 is 15.8 Å². The van der Waals surface area contributed by atoms with Gasteiger partial charge in [0.25, 0.3) is 5.91 Å². The molecule has 0 aliphatic rings. The highest BCUT2D eigenvalue weighted by molar-refractivity contribution is 5.97. The quantitative estimate of drug-likeness (QED) is 0.706. The summed E-state index contributed by atoms with van der Waals surface area (Å²) in [5.41, 5.74) is 5.61. The molecule has 0 bridgehead atoms. The molecule has 1 amide bonds. The van der Waals surface area contributed by atoms with Crippen LogP contribution in [0.2, 0.25) is 0 Å². The van der Waals surface area contributed by atoms with Crippen LogP contribution in [-0.2, 0) is 4.74 Å². The van der Waals surface area contributed by atoms with E-state index >= 15 is 0 Å². The van der Waals surface area contributed by atoms with Crippen LogP contribution < -0.4 is 11.1 Å². The van der Waals surface area contributed by atoms with Crippen molar-refractivity contribution in [2.24, 2.45) is 5.73 Å². The molecule has 1 aromatic rings. The van der Waals surface area contributed by atoms with Gasteiger partial charge in [-0.1, -0.05) is 0 Å². The molecule has 5 heteroatoms. The largest absolute Gasteiger partial charge is 0.377 e. The zero-order valence-electron chi connectivity index (χ0n) is 9.56. The number of hydrogen-bond donors (Lipinski definition) is 2. The van der Waals surface area contributed by atoms with Gasteiger partial charge in [0.05, 0.1) is 18.3 Å². The van der Waals surface area contributed by atoms with Gasteiger partial charge in [-0.3, -0.25) is 4.79 Å². The SMILES string of the molecule is CC(C)OCCNc1ncccc1C(N)=O. The highest BCUT2D eigenvalue weighted by Gasteiger charge is 2.07. The van der Waals surface area contributed by atoms with Crippen molar-refractivity contribution < 1.29 is 9.53 Å². The Morgan fingerprint density at radius 3 is 3.00 bits per heavy atom. The number of aromatic nitrogens is 1. The van der Waals surface area contributed by atoms with Crippen LogP contribution in [0.5, 0.6) is 0 Å². The first-order valence-electron chi connectivity index (χ1n) is 5.21. The summed E-state index contributed by atoms with van der Waals surface area (Å²) in [5, 5.41) is 3.01. The van der Waals surface area contributed by atoms with Crippen LogP contribution in [0.1, 0.15) is 24.2 Å². The second-order valence-corrected chi connectivity index (χ2v) is 3.61. The number of carbonyl (C=O) groups is 1. The van der Waals surface area contributed by atoms with E-state index in [9.17, 15) is 4.79 Å². The molecule has 1 heterocycles. The third-order valence-electron chi connectivity index (χ3n) is 1.92. The van der Waals surface area contributed by atoms with Crippen LogP contribution >= 0.6 is 0 Å². The summed E-state index contributed by atoms with van der Waals surface area (Å²) >= 11 is 0. The number of nitrogens with one attached hydrogen (secondary N) is 1. The Morgan fingerprint density at radius 1 is 1.62 bits per heavy atom. The lowest BCUT2D eigenvalue weighted by atomic mass is 10.2. The average molecular weight is 223 g/mol. The van der Waals surface area contributed by atoms with Gasteiger partial charge in [-0.15, -0.1) is 0 Å². The van der Waals surface area contributed by atoms with E-state index in [-0.39, 0.29) is 6.10 Å². The third-order valence-corrected chi connectivity index (χ3v) is 1.92. The Balaban J connectivity index is 2.50. The number of pyridine rings is 1. The minimum atomic E-state index is -0.486. The van der Waals surface area contributed by atoms with Crippen LogP contribution in [0.15, 0.2) is 18.3 Å². The van der Waals surface area contributed by atoms with Gasteiger partial charge in [0.1, 0.15) is 5.82 Å². The molecule has 0 aliphatic heterocycles. The molecule has 1 rings (SSSR count). The summed E-state index contributed by atoms with van der Waals surface area (Å²) in [5.74, 6) is 0.0164. The van der Waals surface area contributed by atoms with E-state index in [1.54, 1.807) is 18.3 Å². The monoisotopic (exact) mass is 223 g/mol. The molecule has 0 unspecified atom stereocenters.